The van der Waals surface area contributed by atoms with E-state index >= 15 is 0 Å². The van der Waals surface area contributed by atoms with Gasteiger partial charge < -0.3 is 18.2 Å². The van der Waals surface area contributed by atoms with E-state index in [1.807, 2.05) is 0 Å². The Kier molecular flexibility index (Phi) is 7.75. The fourth-order valence-electron chi connectivity index (χ4n) is 0. The highest BCUT2D eigenvalue weighted by molar-refractivity contribution is 7.79. The fraction of sp³-hybridized carbons (Fsp3) is 0. The van der Waals surface area contributed by atoms with E-state index in [2.05, 4.69) is 11.2 Å². The van der Waals surface area contributed by atoms with Crippen molar-refractivity contribution >= 4 is 29.8 Å². The van der Waals surface area contributed by atoms with E-state index in [1.54, 1.807) is 0 Å². The maximum atomic E-state index is 9.09. The van der Waals surface area contributed by atoms with Gasteiger partial charge in [-0.15, -0.1) is 0 Å². The van der Waals surface area contributed by atoms with Crippen LogP contribution in [0.3, 0.4) is 0 Å². The molecule has 52 valence electrons. The number of hydrogen-bond donors (Lipinski definition) is 2. The van der Waals surface area contributed by atoms with Crippen molar-refractivity contribution in [2.75, 3.05) is 0 Å². The van der Waals surface area contributed by atoms with E-state index < -0.39 is 18.5 Å². The van der Waals surface area contributed by atoms with Crippen molar-refractivity contribution in [2.45, 2.75) is 0 Å². The van der Waals surface area contributed by atoms with Crippen LogP contribution in [0.1, 0.15) is 0 Å². The summed E-state index contributed by atoms with van der Waals surface area (Å²) in [6.07, 6.45) is 0. The lowest BCUT2D eigenvalue weighted by molar-refractivity contribution is 0.395. The third-order valence-electron chi connectivity index (χ3n) is 0. The average Bonchev–Trinajstić information content (AvgIpc) is 1.27. The van der Waals surface area contributed by atoms with Crippen molar-refractivity contribution in [3.8, 4) is 0 Å². The molecule has 0 heterocycles. The minimum Gasteiger partial charge on any atom is -0.427 e. The van der Waals surface area contributed by atoms with E-state index in [-0.39, 0.29) is 0 Å². The van der Waals surface area contributed by atoms with Gasteiger partial charge in [-0.05, 0) is 0 Å². The minimum atomic E-state index is -4.17. The first-order valence-corrected chi connectivity index (χ1v) is 4.36. The van der Waals surface area contributed by atoms with E-state index in [1.165, 1.54) is 0 Å². The Hall–Kier alpha value is 0.390. The largest absolute Gasteiger partial charge is 0.427 e. The lowest BCUT2D eigenvalue weighted by atomic mass is 15.8. The van der Waals surface area contributed by atoms with Crippen molar-refractivity contribution in [3.63, 3.8) is 0 Å². The normalized spacial score (nSPS) is 9.38. The van der Waals surface area contributed by atoms with Gasteiger partial charge in [-0.3, -0.25) is 0 Å². The maximum absolute atomic E-state index is 9.09. The molecular formula is H3ClO5PS-. The maximum Gasteiger partial charge on any atom is 0.419 e. The van der Waals surface area contributed by atoms with Gasteiger partial charge >= 0.3 is 6.95 Å². The van der Waals surface area contributed by atoms with Gasteiger partial charge in [0.1, 0.15) is 0 Å². The van der Waals surface area contributed by atoms with Crippen LogP contribution in [0.15, 0.2) is 0 Å². The molecule has 8 heavy (non-hydrogen) atoms. The molecule has 0 saturated carbocycles. The zero-order valence-electron chi connectivity index (χ0n) is 3.39. The van der Waals surface area contributed by atoms with E-state index in [0.29, 0.717) is 0 Å². The number of rotatable bonds is 0. The van der Waals surface area contributed by atoms with Crippen LogP contribution in [-0.2, 0) is 24.6 Å². The van der Waals surface area contributed by atoms with Crippen molar-refractivity contribution in [1.82, 2.24) is 0 Å². The molecule has 0 radical (unpaired) electrons. The van der Waals surface area contributed by atoms with Gasteiger partial charge in [0.05, 0.1) is 0 Å². The molecule has 0 rings (SSSR count). The van der Waals surface area contributed by atoms with Crippen LogP contribution in [0.25, 0.3) is 0 Å². The van der Waals surface area contributed by atoms with Crippen LogP contribution in [0.5, 0.6) is 0 Å². The summed E-state index contributed by atoms with van der Waals surface area (Å²) in [5, 5.41) is 0. The van der Waals surface area contributed by atoms with Crippen molar-refractivity contribution in [1.29, 1.82) is 0 Å². The molecule has 0 aliphatic carbocycles. The molecule has 0 aromatic carbocycles. The minimum absolute atomic E-state index is 1.08. The van der Waals surface area contributed by atoms with Gasteiger partial charge in [-0.25, -0.2) is 4.57 Å². The predicted molar refractivity (Wildman–Crippen MR) is 28.0 cm³/mol. The molecule has 2 N–H and O–H groups in total. The van der Waals surface area contributed by atoms with E-state index in [0.717, 1.165) is 0 Å². The molecule has 0 amide bonds. The van der Waals surface area contributed by atoms with Crippen LogP contribution in [0, 0.1) is 0 Å². The van der Waals surface area contributed by atoms with Crippen molar-refractivity contribution in [3.05, 3.63) is 0 Å². The van der Waals surface area contributed by atoms with E-state index in [9.17, 15) is 0 Å². The molecule has 0 aromatic rings. The molecule has 0 aliphatic heterocycles. The highest BCUT2D eigenvalue weighted by atomic mass is 35.7. The summed E-state index contributed by atoms with van der Waals surface area (Å²) < 4.78 is 25.8. The Morgan fingerprint density at radius 2 is 1.38 bits per heavy atom. The Bertz CT molecular complexity index is 110. The highest BCUT2D eigenvalue weighted by Crippen LogP contribution is 2.39. The van der Waals surface area contributed by atoms with Crippen molar-refractivity contribution in [2.24, 2.45) is 0 Å². The van der Waals surface area contributed by atoms with E-state index in [4.69, 9.17) is 22.8 Å². The number of thiol groups is 1. The second kappa shape index (κ2) is 5.53. The highest BCUT2D eigenvalue weighted by Gasteiger charge is 2.01. The topological polar surface area (TPSA) is 91.7 Å². The summed E-state index contributed by atoms with van der Waals surface area (Å²) in [6, 6.07) is 0. The first-order chi connectivity index (χ1) is 3.41. The predicted octanol–water partition coefficient (Wildman–Crippen LogP) is -0.190. The molecule has 0 unspecified atom stereocenters. The van der Waals surface area contributed by atoms with Crippen LogP contribution < -0.4 is 0 Å². The molecule has 0 aliphatic rings. The first kappa shape index (κ1) is 11.2. The second-order valence-corrected chi connectivity index (χ2v) is 2.96. The SMILES string of the molecule is O=P(O)(O)Cl.O=[SH-]=O. The van der Waals surface area contributed by atoms with Crippen LogP contribution >= 0.6 is 18.2 Å². The Balaban J connectivity index is 0. The molecule has 0 aromatic heterocycles. The molecule has 0 fully saturated rings. The molecule has 0 bridgehead atoms. The number of halogens is 1. The Labute approximate surface area is 53.2 Å². The summed E-state index contributed by atoms with van der Waals surface area (Å²) in [5.74, 6) is 0. The lowest BCUT2D eigenvalue weighted by Crippen LogP contribution is -1.54. The summed E-state index contributed by atoms with van der Waals surface area (Å²) in [6.45, 7) is -4.17. The summed E-state index contributed by atoms with van der Waals surface area (Å²) >= 11 is 3.11. The molecule has 0 saturated heterocycles. The van der Waals surface area contributed by atoms with Crippen LogP contribution in [-0.4, -0.2) is 9.79 Å². The van der Waals surface area contributed by atoms with Gasteiger partial charge in [0, 0.05) is 11.2 Å². The van der Waals surface area contributed by atoms with Gasteiger partial charge in [-0.1, -0.05) is 11.6 Å². The third-order valence-corrected chi connectivity index (χ3v) is 0. The molecule has 0 spiro atoms. The standard InChI is InChI=1S/ClH2O3P.HO2S/c1-5(2,3)4;1-3-2/h(H2,2,3,4);3H/q;-1. The Morgan fingerprint density at radius 3 is 1.38 bits per heavy atom. The quantitative estimate of drug-likeness (QED) is 0.307. The lowest BCUT2D eigenvalue weighted by Gasteiger charge is -1.80. The zero-order chi connectivity index (χ0) is 7.21. The van der Waals surface area contributed by atoms with Crippen LogP contribution in [0.2, 0.25) is 0 Å². The summed E-state index contributed by atoms with van der Waals surface area (Å²) in [7, 11) is 0. The average molecular weight is 182 g/mol. The Morgan fingerprint density at radius 1 is 1.38 bits per heavy atom. The molecule has 8 heteroatoms. The third kappa shape index (κ3) is 1220. The molecule has 0 atom stereocenters. The zero-order valence-corrected chi connectivity index (χ0v) is 5.94. The van der Waals surface area contributed by atoms with Crippen molar-refractivity contribution < 1.29 is 22.8 Å². The molecule has 5 nitrogen and oxygen atoms in total. The first-order valence-electron chi connectivity index (χ1n) is 1.12. The summed E-state index contributed by atoms with van der Waals surface area (Å²) in [4.78, 5) is 14.8. The van der Waals surface area contributed by atoms with Gasteiger partial charge in [0.25, 0.3) is 0 Å². The second-order valence-electron chi connectivity index (χ2n) is 0.547. The van der Waals surface area contributed by atoms with Gasteiger partial charge in [0.2, 0.25) is 0 Å². The monoisotopic (exact) mass is 181 g/mol. The fourth-order valence-corrected chi connectivity index (χ4v) is 0. The van der Waals surface area contributed by atoms with Gasteiger partial charge in [-0.2, -0.15) is 0 Å². The summed E-state index contributed by atoms with van der Waals surface area (Å²) in [5.41, 5.74) is 0. The van der Waals surface area contributed by atoms with Crippen LogP contribution in [0.4, 0.5) is 0 Å². The smallest absolute Gasteiger partial charge is 0.419 e. The number of hydrogen-bond acceptors (Lipinski definition) is 4. The molecular weight excluding hydrogens is 178 g/mol. The van der Waals surface area contributed by atoms with Gasteiger partial charge in [0.15, 0.2) is 0 Å².